The van der Waals surface area contributed by atoms with Crippen LogP contribution in [0.5, 0.6) is 0 Å². The molecule has 0 aliphatic carbocycles. The lowest BCUT2D eigenvalue weighted by molar-refractivity contribution is -0.136. The van der Waals surface area contributed by atoms with E-state index in [2.05, 4.69) is 15.9 Å². The zero-order chi connectivity index (χ0) is 16.9. The number of aliphatic carboxylic acids is 1. The number of aryl methyl sites for hydroxylation is 1. The third-order valence-electron chi connectivity index (χ3n) is 3.08. The Morgan fingerprint density at radius 3 is 2.45 bits per heavy atom. The van der Waals surface area contributed by atoms with Crippen molar-refractivity contribution in [3.05, 3.63) is 27.7 Å². The lowest BCUT2D eigenvalue weighted by Crippen LogP contribution is -2.38. The molecule has 1 aromatic carbocycles. The molecule has 0 aliphatic rings. The van der Waals surface area contributed by atoms with Crippen LogP contribution < -0.4 is 4.90 Å². The second-order valence-electron chi connectivity index (χ2n) is 4.73. The number of carboxylic acids is 1. The number of rotatable bonds is 6. The van der Waals surface area contributed by atoms with Gasteiger partial charge >= 0.3 is 5.97 Å². The molecular formula is C15H18BrNO4S. The quantitative estimate of drug-likeness (QED) is 0.811. The molecule has 5 nitrogen and oxygen atoms in total. The second kappa shape index (κ2) is 8.33. The van der Waals surface area contributed by atoms with Gasteiger partial charge in [-0.3, -0.25) is 19.3 Å². The molecule has 0 atom stereocenters. The molecule has 0 saturated heterocycles. The molecule has 0 bridgehead atoms. The van der Waals surface area contributed by atoms with Crippen LogP contribution in [0.3, 0.4) is 0 Å². The number of halogens is 1. The highest BCUT2D eigenvalue weighted by atomic mass is 79.9. The van der Waals surface area contributed by atoms with Crippen LogP contribution in [0.1, 0.15) is 24.5 Å². The topological polar surface area (TPSA) is 74.7 Å². The number of carbonyl (C=O) groups excluding carboxylic acids is 2. The maximum absolute atomic E-state index is 12.4. The van der Waals surface area contributed by atoms with E-state index in [4.69, 9.17) is 5.11 Å². The molecule has 0 spiro atoms. The molecular weight excluding hydrogens is 370 g/mol. The van der Waals surface area contributed by atoms with E-state index in [1.807, 2.05) is 26.0 Å². The molecule has 0 fully saturated rings. The summed E-state index contributed by atoms with van der Waals surface area (Å²) in [5.41, 5.74) is 2.18. The number of carboxylic acid groups (broad SMARTS) is 1. The predicted molar refractivity (Wildman–Crippen MR) is 91.4 cm³/mol. The summed E-state index contributed by atoms with van der Waals surface area (Å²) in [4.78, 5) is 36.1. The second-order valence-corrected chi connectivity index (χ2v) is 6.61. The Kier molecular flexibility index (Phi) is 7.09. The summed E-state index contributed by atoms with van der Waals surface area (Å²) in [6.45, 7) is 4.93. The van der Waals surface area contributed by atoms with E-state index in [-0.39, 0.29) is 10.9 Å². The first-order valence-corrected chi connectivity index (χ1v) is 8.49. The van der Waals surface area contributed by atoms with Crippen molar-refractivity contribution < 1.29 is 19.5 Å². The Hall–Kier alpha value is -1.34. The highest BCUT2D eigenvalue weighted by molar-refractivity contribution is 9.10. The number of thioether (sulfide) groups is 1. The minimum atomic E-state index is -1.10. The van der Waals surface area contributed by atoms with Crippen LogP contribution in [0.2, 0.25) is 0 Å². The average molecular weight is 388 g/mol. The maximum Gasteiger partial charge on any atom is 0.323 e. The standard InChI is InChI=1S/C15H18BrNO4S/c1-4-14(21)22-8-12(18)17(7-13(19)20)15-9(2)5-6-11(16)10(15)3/h5-6H,4,7-8H2,1-3H3,(H,19,20). The van der Waals surface area contributed by atoms with Gasteiger partial charge in [0.2, 0.25) is 5.91 Å². The highest BCUT2D eigenvalue weighted by Crippen LogP contribution is 2.31. The first-order valence-electron chi connectivity index (χ1n) is 6.71. The van der Waals surface area contributed by atoms with Crippen LogP contribution in [-0.4, -0.2) is 34.4 Å². The van der Waals surface area contributed by atoms with E-state index in [0.717, 1.165) is 27.4 Å². The molecule has 0 heterocycles. The summed E-state index contributed by atoms with van der Waals surface area (Å²) in [5.74, 6) is -1.55. The highest BCUT2D eigenvalue weighted by Gasteiger charge is 2.23. The SMILES string of the molecule is CCC(=O)SCC(=O)N(CC(=O)O)c1c(C)ccc(Br)c1C. The number of carbonyl (C=O) groups is 3. The summed E-state index contributed by atoms with van der Waals surface area (Å²) in [5, 5.41) is 9.00. The van der Waals surface area contributed by atoms with Crippen LogP contribution in [-0.2, 0) is 14.4 Å². The van der Waals surface area contributed by atoms with Gasteiger partial charge in [0.05, 0.1) is 11.4 Å². The largest absolute Gasteiger partial charge is 0.480 e. The van der Waals surface area contributed by atoms with Gasteiger partial charge < -0.3 is 5.11 Å². The van der Waals surface area contributed by atoms with Crippen LogP contribution in [0.4, 0.5) is 5.69 Å². The third kappa shape index (κ3) is 4.84. The van der Waals surface area contributed by atoms with Gasteiger partial charge in [-0.1, -0.05) is 40.7 Å². The molecule has 1 amide bonds. The molecule has 0 aromatic heterocycles. The number of nitrogens with zero attached hydrogens (tertiary/aromatic N) is 1. The van der Waals surface area contributed by atoms with Gasteiger partial charge in [0, 0.05) is 10.9 Å². The van der Waals surface area contributed by atoms with Crippen molar-refractivity contribution in [3.63, 3.8) is 0 Å². The lowest BCUT2D eigenvalue weighted by Gasteiger charge is -2.25. The van der Waals surface area contributed by atoms with Crippen LogP contribution in [0.25, 0.3) is 0 Å². The molecule has 1 aromatic rings. The first kappa shape index (κ1) is 18.7. The number of amides is 1. The van der Waals surface area contributed by atoms with Gasteiger partial charge in [0.25, 0.3) is 0 Å². The van der Waals surface area contributed by atoms with E-state index in [1.54, 1.807) is 6.92 Å². The van der Waals surface area contributed by atoms with E-state index >= 15 is 0 Å². The fourth-order valence-electron chi connectivity index (χ4n) is 1.98. The Balaban J connectivity index is 3.13. The van der Waals surface area contributed by atoms with Crippen molar-refractivity contribution in [3.8, 4) is 0 Å². The van der Waals surface area contributed by atoms with Gasteiger partial charge in [0.15, 0.2) is 5.12 Å². The normalized spacial score (nSPS) is 10.4. The van der Waals surface area contributed by atoms with Gasteiger partial charge in [-0.15, -0.1) is 0 Å². The fraction of sp³-hybridized carbons (Fsp3) is 0.400. The van der Waals surface area contributed by atoms with E-state index in [1.165, 1.54) is 4.90 Å². The van der Waals surface area contributed by atoms with Gasteiger partial charge in [-0.05, 0) is 31.0 Å². The summed E-state index contributed by atoms with van der Waals surface area (Å²) in [7, 11) is 0. The number of hydrogen-bond donors (Lipinski definition) is 1. The fourth-order valence-corrected chi connectivity index (χ4v) is 2.94. The molecule has 0 aliphatic heterocycles. The molecule has 22 heavy (non-hydrogen) atoms. The monoisotopic (exact) mass is 387 g/mol. The molecule has 1 rings (SSSR count). The van der Waals surface area contributed by atoms with Gasteiger partial charge in [-0.2, -0.15) is 0 Å². The minimum absolute atomic E-state index is 0.0641. The van der Waals surface area contributed by atoms with Crippen molar-refractivity contribution in [1.82, 2.24) is 0 Å². The number of anilines is 1. The van der Waals surface area contributed by atoms with E-state index < -0.39 is 18.4 Å². The summed E-state index contributed by atoms with van der Waals surface area (Å²) in [6.07, 6.45) is 0.339. The van der Waals surface area contributed by atoms with Crippen molar-refractivity contribution in [1.29, 1.82) is 0 Å². The Labute approximate surface area is 142 Å². The van der Waals surface area contributed by atoms with Crippen molar-refractivity contribution >= 4 is 50.4 Å². The van der Waals surface area contributed by atoms with Crippen molar-refractivity contribution in [2.75, 3.05) is 17.2 Å². The van der Waals surface area contributed by atoms with Gasteiger partial charge in [-0.25, -0.2) is 0 Å². The van der Waals surface area contributed by atoms with Crippen molar-refractivity contribution in [2.24, 2.45) is 0 Å². The minimum Gasteiger partial charge on any atom is -0.480 e. The predicted octanol–water partition coefficient (Wildman–Crippen LogP) is 3.15. The molecule has 0 radical (unpaired) electrons. The van der Waals surface area contributed by atoms with Crippen LogP contribution in [0, 0.1) is 13.8 Å². The Bertz CT molecular complexity index is 603. The molecule has 0 unspecified atom stereocenters. The number of hydrogen-bond acceptors (Lipinski definition) is 4. The zero-order valence-electron chi connectivity index (χ0n) is 12.7. The van der Waals surface area contributed by atoms with E-state index in [9.17, 15) is 14.4 Å². The van der Waals surface area contributed by atoms with Crippen molar-refractivity contribution in [2.45, 2.75) is 27.2 Å². The van der Waals surface area contributed by atoms with E-state index in [0.29, 0.717) is 12.1 Å². The molecule has 1 N–H and O–H groups in total. The smallest absolute Gasteiger partial charge is 0.323 e. The maximum atomic E-state index is 12.4. The zero-order valence-corrected chi connectivity index (χ0v) is 15.1. The number of benzene rings is 1. The van der Waals surface area contributed by atoms with Crippen LogP contribution in [0.15, 0.2) is 16.6 Å². The summed E-state index contributed by atoms with van der Waals surface area (Å²) >= 11 is 4.31. The molecule has 7 heteroatoms. The summed E-state index contributed by atoms with van der Waals surface area (Å²) < 4.78 is 0.800. The summed E-state index contributed by atoms with van der Waals surface area (Å²) in [6, 6.07) is 3.67. The lowest BCUT2D eigenvalue weighted by atomic mass is 10.1. The average Bonchev–Trinajstić information content (AvgIpc) is 2.47. The van der Waals surface area contributed by atoms with Crippen LogP contribution >= 0.6 is 27.7 Å². The van der Waals surface area contributed by atoms with Gasteiger partial charge in [0.1, 0.15) is 6.54 Å². The Morgan fingerprint density at radius 1 is 1.27 bits per heavy atom. The first-order chi connectivity index (χ1) is 10.3. The molecule has 0 saturated carbocycles. The Morgan fingerprint density at radius 2 is 1.91 bits per heavy atom. The molecule has 120 valence electrons. The third-order valence-corrected chi connectivity index (χ3v) is 4.94.